The smallest absolute Gasteiger partial charge is 0.213 e. The molecule has 2 aromatic heterocycles. The average Bonchev–Trinajstić information content (AvgIpc) is 3.13. The zero-order chi connectivity index (χ0) is 18.4. The second-order valence-electron chi connectivity index (χ2n) is 6.86. The minimum Gasteiger partial charge on any atom is -0.339 e. The van der Waals surface area contributed by atoms with Crippen molar-refractivity contribution in [2.45, 2.75) is 6.92 Å². The normalized spacial score (nSPS) is 15.0. The fraction of sp³-hybridized carbons (Fsp3) is 0.250. The second kappa shape index (κ2) is 6.48. The molecule has 0 saturated carbocycles. The molecule has 2 aromatic carbocycles. The molecule has 136 valence electrons. The summed E-state index contributed by atoms with van der Waals surface area (Å²) in [5, 5.41) is 14.1. The van der Waals surface area contributed by atoms with Crippen LogP contribution in [0.3, 0.4) is 0 Å². The molecule has 5 rings (SSSR count). The van der Waals surface area contributed by atoms with Gasteiger partial charge in [-0.05, 0) is 31.2 Å². The number of benzene rings is 2. The minimum absolute atomic E-state index is 0.670. The molecule has 7 heteroatoms. The first-order chi connectivity index (χ1) is 13.2. The topological polar surface area (TPSA) is 58.4 Å². The third-order valence-electron chi connectivity index (χ3n) is 4.96. The van der Waals surface area contributed by atoms with E-state index in [1.807, 2.05) is 24.3 Å². The fourth-order valence-electron chi connectivity index (χ4n) is 3.64. The van der Waals surface area contributed by atoms with E-state index in [0.717, 1.165) is 60.1 Å². The fourth-order valence-corrected chi connectivity index (χ4v) is 3.81. The van der Waals surface area contributed by atoms with Crippen LogP contribution in [0.5, 0.6) is 0 Å². The summed E-state index contributed by atoms with van der Waals surface area (Å²) in [6.45, 7) is 5.72. The zero-order valence-corrected chi connectivity index (χ0v) is 15.7. The van der Waals surface area contributed by atoms with Gasteiger partial charge in [0, 0.05) is 42.2 Å². The van der Waals surface area contributed by atoms with Gasteiger partial charge in [0.25, 0.3) is 0 Å². The average molecular weight is 379 g/mol. The molecule has 1 aliphatic rings. The lowest BCUT2D eigenvalue weighted by Crippen LogP contribution is -2.44. The van der Waals surface area contributed by atoms with Gasteiger partial charge in [0.1, 0.15) is 0 Å². The highest BCUT2D eigenvalue weighted by atomic mass is 35.5. The maximum atomic E-state index is 6.22. The van der Waals surface area contributed by atoms with Crippen molar-refractivity contribution in [3.63, 3.8) is 0 Å². The molecule has 6 nitrogen and oxygen atoms in total. The maximum absolute atomic E-state index is 6.22. The number of hydrogen-bond donors (Lipinski definition) is 1. The summed E-state index contributed by atoms with van der Waals surface area (Å²) in [4.78, 5) is 7.25. The number of hydrogen-bond acceptors (Lipinski definition) is 5. The van der Waals surface area contributed by atoms with Gasteiger partial charge >= 0.3 is 0 Å². The Balaban J connectivity index is 1.83. The molecule has 4 aromatic rings. The van der Waals surface area contributed by atoms with Gasteiger partial charge in [0.2, 0.25) is 5.95 Å². The third kappa shape index (κ3) is 2.81. The number of rotatable bonds is 2. The standard InChI is InChI=1S/C20H19ClN6/c1-13-3-2-4-14(11-13)18-24-25-19-16-6-5-15(21)12-17(16)23-20(27(18)19)26-9-7-22-8-10-26/h2-6,11-12,22H,7-10H2,1H3. The van der Waals surface area contributed by atoms with Gasteiger partial charge < -0.3 is 10.2 Å². The predicted molar refractivity (Wildman–Crippen MR) is 109 cm³/mol. The number of aryl methyl sites for hydroxylation is 1. The highest BCUT2D eigenvalue weighted by molar-refractivity contribution is 6.31. The molecule has 27 heavy (non-hydrogen) atoms. The molecule has 1 fully saturated rings. The van der Waals surface area contributed by atoms with Gasteiger partial charge in [-0.25, -0.2) is 9.38 Å². The summed E-state index contributed by atoms with van der Waals surface area (Å²) >= 11 is 6.22. The molecule has 1 saturated heterocycles. The van der Waals surface area contributed by atoms with Gasteiger partial charge in [-0.15, -0.1) is 10.2 Å². The van der Waals surface area contributed by atoms with E-state index in [1.54, 1.807) is 0 Å². The largest absolute Gasteiger partial charge is 0.339 e. The van der Waals surface area contributed by atoms with Crippen LogP contribution in [-0.2, 0) is 0 Å². The Bertz CT molecular complexity index is 1150. The molecule has 0 bridgehead atoms. The van der Waals surface area contributed by atoms with Gasteiger partial charge in [-0.1, -0.05) is 35.4 Å². The van der Waals surface area contributed by atoms with Crippen molar-refractivity contribution in [2.75, 3.05) is 31.1 Å². The molecular weight excluding hydrogens is 360 g/mol. The van der Waals surface area contributed by atoms with Crippen molar-refractivity contribution in [3.05, 3.63) is 53.1 Å². The lowest BCUT2D eigenvalue weighted by Gasteiger charge is -2.29. The lowest BCUT2D eigenvalue weighted by atomic mass is 10.1. The number of fused-ring (bicyclic) bond motifs is 3. The number of halogens is 1. The Hall–Kier alpha value is -2.70. The first kappa shape index (κ1) is 16.5. The molecule has 1 N–H and O–H groups in total. The SMILES string of the molecule is Cc1cccc(-c2nnc3c4ccc(Cl)cc4nc(N4CCNCC4)n23)c1. The van der Waals surface area contributed by atoms with Gasteiger partial charge in [0.15, 0.2) is 11.5 Å². The van der Waals surface area contributed by atoms with Crippen molar-refractivity contribution < 1.29 is 0 Å². The summed E-state index contributed by atoms with van der Waals surface area (Å²) in [6, 6.07) is 14.1. The third-order valence-corrected chi connectivity index (χ3v) is 5.20. The van der Waals surface area contributed by atoms with Crippen molar-refractivity contribution in [1.29, 1.82) is 0 Å². The zero-order valence-electron chi connectivity index (χ0n) is 15.0. The maximum Gasteiger partial charge on any atom is 0.213 e. The molecule has 0 unspecified atom stereocenters. The van der Waals surface area contributed by atoms with E-state index in [-0.39, 0.29) is 0 Å². The van der Waals surface area contributed by atoms with Crippen LogP contribution in [0.4, 0.5) is 5.95 Å². The van der Waals surface area contributed by atoms with Crippen LogP contribution < -0.4 is 10.2 Å². The van der Waals surface area contributed by atoms with Gasteiger partial charge in [-0.3, -0.25) is 0 Å². The summed E-state index contributed by atoms with van der Waals surface area (Å²) in [6.07, 6.45) is 0. The Morgan fingerprint density at radius 3 is 2.70 bits per heavy atom. The Morgan fingerprint density at radius 1 is 1.04 bits per heavy atom. The van der Waals surface area contributed by atoms with E-state index < -0.39 is 0 Å². The summed E-state index contributed by atoms with van der Waals surface area (Å²) in [7, 11) is 0. The second-order valence-corrected chi connectivity index (χ2v) is 7.30. The van der Waals surface area contributed by atoms with Crippen molar-refractivity contribution in [2.24, 2.45) is 0 Å². The van der Waals surface area contributed by atoms with Crippen LogP contribution >= 0.6 is 11.6 Å². The van der Waals surface area contributed by atoms with Crippen LogP contribution in [0.25, 0.3) is 27.9 Å². The van der Waals surface area contributed by atoms with E-state index >= 15 is 0 Å². The van der Waals surface area contributed by atoms with Crippen LogP contribution in [0.1, 0.15) is 5.56 Å². The van der Waals surface area contributed by atoms with Crippen LogP contribution in [-0.4, -0.2) is 45.8 Å². The summed E-state index contributed by atoms with van der Waals surface area (Å²) < 4.78 is 2.08. The predicted octanol–water partition coefficient (Wildman–Crippen LogP) is 3.32. The molecule has 0 radical (unpaired) electrons. The summed E-state index contributed by atoms with van der Waals surface area (Å²) in [5.41, 5.74) is 3.87. The molecule has 3 heterocycles. The van der Waals surface area contributed by atoms with Gasteiger partial charge in [-0.2, -0.15) is 0 Å². The van der Waals surface area contributed by atoms with Crippen LogP contribution in [0.15, 0.2) is 42.5 Å². The highest BCUT2D eigenvalue weighted by Crippen LogP contribution is 2.30. The molecule has 0 spiro atoms. The molecule has 0 aliphatic carbocycles. The molecular formula is C20H19ClN6. The molecule has 0 atom stereocenters. The number of nitrogens with zero attached hydrogens (tertiary/aromatic N) is 5. The first-order valence-electron chi connectivity index (χ1n) is 9.08. The van der Waals surface area contributed by atoms with E-state index in [9.17, 15) is 0 Å². The number of piperazine rings is 1. The number of nitrogens with one attached hydrogen (secondary N) is 1. The Morgan fingerprint density at radius 2 is 1.89 bits per heavy atom. The van der Waals surface area contributed by atoms with Crippen molar-refractivity contribution >= 4 is 34.1 Å². The number of anilines is 1. The highest BCUT2D eigenvalue weighted by Gasteiger charge is 2.21. The minimum atomic E-state index is 0.670. The monoisotopic (exact) mass is 378 g/mol. The van der Waals surface area contributed by atoms with E-state index in [2.05, 4.69) is 49.9 Å². The number of aromatic nitrogens is 4. The quantitative estimate of drug-likeness (QED) is 0.580. The summed E-state index contributed by atoms with van der Waals surface area (Å²) in [5.74, 6) is 1.68. The van der Waals surface area contributed by atoms with E-state index in [0.29, 0.717) is 5.02 Å². The van der Waals surface area contributed by atoms with Crippen LogP contribution in [0, 0.1) is 6.92 Å². The Labute approximate surface area is 161 Å². The van der Waals surface area contributed by atoms with Crippen LogP contribution in [0.2, 0.25) is 5.02 Å². The molecule has 0 amide bonds. The Kier molecular flexibility index (Phi) is 3.95. The van der Waals surface area contributed by atoms with E-state index in [4.69, 9.17) is 16.6 Å². The molecule has 1 aliphatic heterocycles. The van der Waals surface area contributed by atoms with E-state index in [1.165, 1.54) is 5.56 Å². The van der Waals surface area contributed by atoms with Crippen molar-refractivity contribution in [3.8, 4) is 11.4 Å². The van der Waals surface area contributed by atoms with Crippen molar-refractivity contribution in [1.82, 2.24) is 24.9 Å². The first-order valence-corrected chi connectivity index (χ1v) is 9.45. The lowest BCUT2D eigenvalue weighted by molar-refractivity contribution is 0.578. The van der Waals surface area contributed by atoms with Gasteiger partial charge in [0.05, 0.1) is 5.52 Å².